The van der Waals surface area contributed by atoms with Gasteiger partial charge in [0.1, 0.15) is 6.04 Å². The third kappa shape index (κ3) is 3.25. The summed E-state index contributed by atoms with van der Waals surface area (Å²) in [6.45, 7) is 6.36. The van der Waals surface area contributed by atoms with Crippen molar-refractivity contribution in [3.05, 3.63) is 11.7 Å². The first-order valence-corrected chi connectivity index (χ1v) is 6.61. The Bertz CT molecular complexity index is 499. The maximum absolute atomic E-state index is 12.1. The van der Waals surface area contributed by atoms with E-state index in [1.165, 1.54) is 4.90 Å². The van der Waals surface area contributed by atoms with E-state index in [9.17, 15) is 9.59 Å². The Balaban J connectivity index is 2.11. The largest absolute Gasteiger partial charge is 0.353 e. The Hall–Kier alpha value is -2.12. The van der Waals surface area contributed by atoms with Crippen molar-refractivity contribution in [2.45, 2.75) is 39.3 Å². The Morgan fingerprint density at radius 2 is 2.35 bits per heavy atom. The van der Waals surface area contributed by atoms with Crippen LogP contribution in [0.25, 0.3) is 0 Å². The lowest BCUT2D eigenvalue weighted by Gasteiger charge is -2.34. The van der Waals surface area contributed by atoms with Gasteiger partial charge in [-0.2, -0.15) is 4.98 Å². The summed E-state index contributed by atoms with van der Waals surface area (Å²) in [6.07, 6.45) is 0.220. The van der Waals surface area contributed by atoms with Crippen LogP contribution in [0.15, 0.2) is 4.52 Å². The summed E-state index contributed by atoms with van der Waals surface area (Å²) in [6, 6.07) is -0.864. The average Bonchev–Trinajstić information content (AvgIpc) is 2.76. The zero-order valence-corrected chi connectivity index (χ0v) is 11.8. The van der Waals surface area contributed by atoms with Gasteiger partial charge in [-0.15, -0.1) is 0 Å². The summed E-state index contributed by atoms with van der Waals surface area (Å²) in [5.74, 6) is 0.660. The molecule has 2 rings (SSSR count). The number of aromatic nitrogens is 2. The van der Waals surface area contributed by atoms with Gasteiger partial charge in [0.25, 0.3) is 0 Å². The van der Waals surface area contributed by atoms with Crippen LogP contribution in [0.5, 0.6) is 0 Å². The quantitative estimate of drug-likeness (QED) is 0.801. The van der Waals surface area contributed by atoms with E-state index < -0.39 is 6.04 Å². The lowest BCUT2D eigenvalue weighted by atomic mass is 10.1. The van der Waals surface area contributed by atoms with Crippen molar-refractivity contribution in [2.24, 2.45) is 0 Å². The molecule has 1 aliphatic rings. The summed E-state index contributed by atoms with van der Waals surface area (Å²) in [4.78, 5) is 29.7. The van der Waals surface area contributed by atoms with E-state index in [4.69, 9.17) is 4.52 Å². The van der Waals surface area contributed by atoms with E-state index in [2.05, 4.69) is 20.8 Å². The lowest BCUT2D eigenvalue weighted by Crippen LogP contribution is -2.60. The Kier molecular flexibility index (Phi) is 4.21. The second kappa shape index (κ2) is 5.89. The molecule has 0 bridgehead atoms. The first-order valence-electron chi connectivity index (χ1n) is 6.61. The number of carbonyl (C=O) groups is 2. The first-order chi connectivity index (χ1) is 9.47. The maximum atomic E-state index is 12.1. The molecular formula is C12H19N5O3. The van der Waals surface area contributed by atoms with Crippen molar-refractivity contribution in [1.29, 1.82) is 0 Å². The highest BCUT2D eigenvalue weighted by Crippen LogP contribution is 2.11. The molecule has 2 N–H and O–H groups in total. The summed E-state index contributed by atoms with van der Waals surface area (Å²) in [5, 5.41) is 9.23. The molecule has 20 heavy (non-hydrogen) atoms. The standard InChI is InChI=1S/C12H19N5O3/c1-7(2)14-12(19)17-5-4-13-11(18)9(17)6-10-15-8(3)16-20-10/h7,9H,4-6H2,1-3H3,(H,13,18)(H,14,19). The zero-order chi connectivity index (χ0) is 14.7. The molecule has 3 amide bonds. The topological polar surface area (TPSA) is 100 Å². The van der Waals surface area contributed by atoms with Crippen molar-refractivity contribution < 1.29 is 14.1 Å². The smallest absolute Gasteiger partial charge is 0.318 e. The third-order valence-corrected chi connectivity index (χ3v) is 2.94. The van der Waals surface area contributed by atoms with Crippen LogP contribution < -0.4 is 10.6 Å². The highest BCUT2D eigenvalue weighted by Gasteiger charge is 2.34. The summed E-state index contributed by atoms with van der Waals surface area (Å²) < 4.78 is 5.03. The molecule has 1 aromatic heterocycles. The van der Waals surface area contributed by atoms with Crippen molar-refractivity contribution in [3.63, 3.8) is 0 Å². The van der Waals surface area contributed by atoms with E-state index in [1.54, 1.807) is 6.92 Å². The number of urea groups is 1. The first kappa shape index (κ1) is 14.3. The van der Waals surface area contributed by atoms with E-state index in [-0.39, 0.29) is 24.4 Å². The SMILES string of the molecule is Cc1noc(CC2C(=O)NCCN2C(=O)NC(C)C)n1. The second-order valence-electron chi connectivity index (χ2n) is 5.04. The predicted octanol–water partition coefficient (Wildman–Crippen LogP) is -0.161. The number of nitrogens with zero attached hydrogens (tertiary/aromatic N) is 3. The van der Waals surface area contributed by atoms with Gasteiger partial charge in [0.2, 0.25) is 11.8 Å². The number of amides is 3. The molecule has 0 radical (unpaired) electrons. The van der Waals surface area contributed by atoms with E-state index in [0.29, 0.717) is 24.8 Å². The minimum absolute atomic E-state index is 0.0128. The molecule has 110 valence electrons. The molecule has 0 spiro atoms. The van der Waals surface area contributed by atoms with Crippen LogP contribution in [-0.4, -0.2) is 52.2 Å². The molecule has 1 unspecified atom stereocenters. The fraction of sp³-hybridized carbons (Fsp3) is 0.667. The lowest BCUT2D eigenvalue weighted by molar-refractivity contribution is -0.127. The molecule has 0 saturated carbocycles. The van der Waals surface area contributed by atoms with Crippen LogP contribution in [0.3, 0.4) is 0 Å². The number of piperazine rings is 1. The van der Waals surface area contributed by atoms with Gasteiger partial charge in [-0.25, -0.2) is 4.79 Å². The number of carbonyl (C=O) groups excluding carboxylic acids is 2. The van der Waals surface area contributed by atoms with Gasteiger partial charge >= 0.3 is 6.03 Å². The highest BCUT2D eigenvalue weighted by molar-refractivity contribution is 5.88. The number of hydrogen-bond donors (Lipinski definition) is 2. The predicted molar refractivity (Wildman–Crippen MR) is 69.9 cm³/mol. The molecule has 1 saturated heterocycles. The Labute approximate surface area is 116 Å². The van der Waals surface area contributed by atoms with Crippen LogP contribution in [-0.2, 0) is 11.2 Å². The molecule has 0 aliphatic carbocycles. The molecule has 0 aromatic carbocycles. The van der Waals surface area contributed by atoms with Crippen molar-refractivity contribution in [3.8, 4) is 0 Å². The third-order valence-electron chi connectivity index (χ3n) is 2.94. The van der Waals surface area contributed by atoms with Gasteiger partial charge in [-0.1, -0.05) is 5.16 Å². The van der Waals surface area contributed by atoms with Gasteiger partial charge in [0.15, 0.2) is 5.82 Å². The molecule has 1 aromatic rings. The van der Waals surface area contributed by atoms with Crippen molar-refractivity contribution in [2.75, 3.05) is 13.1 Å². The minimum Gasteiger partial charge on any atom is -0.353 e. The molecule has 1 aliphatic heterocycles. The van der Waals surface area contributed by atoms with Gasteiger partial charge in [-0.3, -0.25) is 4.79 Å². The number of rotatable bonds is 3. The molecule has 8 nitrogen and oxygen atoms in total. The van der Waals surface area contributed by atoms with Crippen LogP contribution >= 0.6 is 0 Å². The normalized spacial score (nSPS) is 19.1. The fourth-order valence-corrected chi connectivity index (χ4v) is 2.08. The second-order valence-corrected chi connectivity index (χ2v) is 5.04. The van der Waals surface area contributed by atoms with Crippen LogP contribution in [0, 0.1) is 6.92 Å². The number of hydrogen-bond acceptors (Lipinski definition) is 5. The van der Waals surface area contributed by atoms with Crippen molar-refractivity contribution >= 4 is 11.9 Å². The maximum Gasteiger partial charge on any atom is 0.318 e. The van der Waals surface area contributed by atoms with E-state index in [1.807, 2.05) is 13.8 Å². The van der Waals surface area contributed by atoms with Gasteiger partial charge in [0, 0.05) is 19.1 Å². The Morgan fingerprint density at radius 3 is 2.95 bits per heavy atom. The molecule has 2 heterocycles. The fourth-order valence-electron chi connectivity index (χ4n) is 2.08. The average molecular weight is 281 g/mol. The van der Waals surface area contributed by atoms with E-state index in [0.717, 1.165) is 0 Å². The van der Waals surface area contributed by atoms with Gasteiger partial charge in [0.05, 0.1) is 6.42 Å². The summed E-state index contributed by atoms with van der Waals surface area (Å²) >= 11 is 0. The van der Waals surface area contributed by atoms with E-state index >= 15 is 0 Å². The van der Waals surface area contributed by atoms with Gasteiger partial charge < -0.3 is 20.1 Å². The van der Waals surface area contributed by atoms with Gasteiger partial charge in [-0.05, 0) is 20.8 Å². The molecule has 1 atom stereocenters. The van der Waals surface area contributed by atoms with Crippen LogP contribution in [0.1, 0.15) is 25.6 Å². The molecular weight excluding hydrogens is 262 g/mol. The molecule has 1 fully saturated rings. The number of aryl methyl sites for hydroxylation is 1. The Morgan fingerprint density at radius 1 is 1.60 bits per heavy atom. The monoisotopic (exact) mass is 281 g/mol. The zero-order valence-electron chi connectivity index (χ0n) is 11.8. The summed E-state index contributed by atoms with van der Waals surface area (Å²) in [7, 11) is 0. The minimum atomic E-state index is -0.623. The highest BCUT2D eigenvalue weighted by atomic mass is 16.5. The van der Waals surface area contributed by atoms with Crippen LogP contribution in [0.2, 0.25) is 0 Å². The van der Waals surface area contributed by atoms with Crippen molar-refractivity contribution in [1.82, 2.24) is 25.7 Å². The summed E-state index contributed by atoms with van der Waals surface area (Å²) in [5.41, 5.74) is 0. The van der Waals surface area contributed by atoms with Crippen LogP contribution in [0.4, 0.5) is 4.79 Å². The molecule has 8 heteroatoms. The number of nitrogens with one attached hydrogen (secondary N) is 2.